The van der Waals surface area contributed by atoms with Crippen LogP contribution in [0.1, 0.15) is 17.4 Å². The largest absolute Gasteiger partial charge is 0.495 e. The minimum atomic E-state index is -1.23. The summed E-state index contributed by atoms with van der Waals surface area (Å²) in [5.41, 5.74) is 1.04. The molecule has 1 atom stereocenters. The molecule has 196 valence electrons. The topological polar surface area (TPSA) is 95.9 Å². The van der Waals surface area contributed by atoms with Crippen LogP contribution in [0.15, 0.2) is 65.5 Å². The zero-order chi connectivity index (χ0) is 27.6. The molecule has 1 amide bonds. The number of carbonyl (C=O) groups excluding carboxylic acids is 2. The lowest BCUT2D eigenvalue weighted by Crippen LogP contribution is -2.33. The van der Waals surface area contributed by atoms with Gasteiger partial charge in [-0.05, 0) is 42.1 Å². The lowest BCUT2D eigenvalue weighted by atomic mass is 9.96. The lowest BCUT2D eigenvalue weighted by Gasteiger charge is -2.19. The van der Waals surface area contributed by atoms with Crippen molar-refractivity contribution in [1.29, 1.82) is 0 Å². The molecule has 1 N–H and O–H groups in total. The fourth-order valence-electron chi connectivity index (χ4n) is 4.07. The van der Waals surface area contributed by atoms with E-state index in [0.29, 0.717) is 38.4 Å². The molecule has 1 aromatic heterocycles. The number of carbonyl (C=O) groups is 2. The molecule has 0 saturated heterocycles. The number of hydrogen-bond donors (Lipinski definition) is 1. The van der Waals surface area contributed by atoms with Gasteiger partial charge in [0.15, 0.2) is 6.10 Å². The number of halogens is 2. The molecular formula is C28H24Cl2N2O6. The Balaban J connectivity index is 1.70. The number of methoxy groups -OCH3 is 2. The summed E-state index contributed by atoms with van der Waals surface area (Å²) >= 11 is 12.3. The number of rotatable bonds is 7. The zero-order valence-corrected chi connectivity index (χ0v) is 22.5. The van der Waals surface area contributed by atoms with E-state index >= 15 is 0 Å². The summed E-state index contributed by atoms with van der Waals surface area (Å²) in [5.74, 6) is -0.799. The van der Waals surface area contributed by atoms with Crippen molar-refractivity contribution in [3.05, 3.63) is 86.8 Å². The van der Waals surface area contributed by atoms with Crippen LogP contribution in [0, 0.1) is 0 Å². The SMILES string of the molecule is COc1cc(OC)c(NC(=O)C(C)OC(=O)c2c(-c3ccc(Cl)cc3)c3ccccc3c(=O)n2C)cc1Cl. The van der Waals surface area contributed by atoms with Crippen LogP contribution in [0.25, 0.3) is 21.9 Å². The summed E-state index contributed by atoms with van der Waals surface area (Å²) in [6.07, 6.45) is -1.23. The Kier molecular flexibility index (Phi) is 7.94. The molecule has 3 aromatic carbocycles. The van der Waals surface area contributed by atoms with Gasteiger partial charge >= 0.3 is 5.97 Å². The molecule has 8 nitrogen and oxygen atoms in total. The minimum Gasteiger partial charge on any atom is -0.495 e. The Hall–Kier alpha value is -4.01. The first kappa shape index (κ1) is 27.0. The van der Waals surface area contributed by atoms with Gasteiger partial charge in [-0.2, -0.15) is 0 Å². The Morgan fingerprint density at radius 3 is 2.18 bits per heavy atom. The molecule has 0 aliphatic carbocycles. The molecule has 4 aromatic rings. The summed E-state index contributed by atoms with van der Waals surface area (Å²) in [7, 11) is 4.37. The quantitative estimate of drug-likeness (QED) is 0.294. The smallest absolute Gasteiger partial charge is 0.356 e. The van der Waals surface area contributed by atoms with Crippen molar-refractivity contribution in [2.45, 2.75) is 13.0 Å². The summed E-state index contributed by atoms with van der Waals surface area (Å²) in [4.78, 5) is 39.6. The van der Waals surface area contributed by atoms with Crippen LogP contribution in [-0.4, -0.2) is 36.8 Å². The first-order valence-electron chi connectivity index (χ1n) is 11.5. The molecular weight excluding hydrogens is 531 g/mol. The Labute approximate surface area is 228 Å². The van der Waals surface area contributed by atoms with E-state index in [1.807, 2.05) is 0 Å². The summed E-state index contributed by atoms with van der Waals surface area (Å²) in [6, 6.07) is 16.9. The van der Waals surface area contributed by atoms with Gasteiger partial charge in [0.2, 0.25) is 0 Å². The molecule has 0 aliphatic rings. The Bertz CT molecular complexity index is 1600. The minimum absolute atomic E-state index is 0.000690. The highest BCUT2D eigenvalue weighted by Gasteiger charge is 2.27. The molecule has 0 fully saturated rings. The van der Waals surface area contributed by atoms with Crippen molar-refractivity contribution in [3.8, 4) is 22.6 Å². The summed E-state index contributed by atoms with van der Waals surface area (Å²) in [6.45, 7) is 1.42. The first-order valence-corrected chi connectivity index (χ1v) is 12.2. The second-order valence-corrected chi connectivity index (χ2v) is 9.21. The van der Waals surface area contributed by atoms with E-state index < -0.39 is 18.0 Å². The van der Waals surface area contributed by atoms with Crippen molar-refractivity contribution in [2.75, 3.05) is 19.5 Å². The number of esters is 1. The predicted octanol–water partition coefficient (Wildman–Crippen LogP) is 5.71. The van der Waals surface area contributed by atoms with Gasteiger partial charge in [0, 0.05) is 29.1 Å². The molecule has 0 spiro atoms. The maximum absolute atomic E-state index is 13.5. The number of pyridine rings is 1. The maximum atomic E-state index is 13.5. The fraction of sp³-hybridized carbons (Fsp3) is 0.179. The molecule has 38 heavy (non-hydrogen) atoms. The number of aromatic nitrogens is 1. The number of nitrogens with zero attached hydrogens (tertiary/aromatic N) is 1. The van der Waals surface area contributed by atoms with Crippen molar-refractivity contribution in [1.82, 2.24) is 4.57 Å². The Morgan fingerprint density at radius 2 is 1.55 bits per heavy atom. The molecule has 1 unspecified atom stereocenters. The number of amides is 1. The third-order valence-corrected chi connectivity index (χ3v) is 6.56. The normalized spacial score (nSPS) is 11.6. The van der Waals surface area contributed by atoms with Gasteiger partial charge < -0.3 is 24.1 Å². The van der Waals surface area contributed by atoms with Crippen LogP contribution < -0.4 is 20.3 Å². The van der Waals surface area contributed by atoms with Gasteiger partial charge in [0.25, 0.3) is 11.5 Å². The van der Waals surface area contributed by atoms with Crippen LogP contribution in [0.2, 0.25) is 10.0 Å². The average molecular weight is 555 g/mol. The van der Waals surface area contributed by atoms with Gasteiger partial charge in [0.05, 0.1) is 24.9 Å². The molecule has 0 aliphatic heterocycles. The maximum Gasteiger partial charge on any atom is 0.356 e. The van der Waals surface area contributed by atoms with Crippen LogP contribution in [0.5, 0.6) is 11.5 Å². The predicted molar refractivity (Wildman–Crippen MR) is 148 cm³/mol. The Morgan fingerprint density at radius 1 is 0.921 bits per heavy atom. The molecule has 10 heteroatoms. The summed E-state index contributed by atoms with van der Waals surface area (Å²) in [5, 5.41) is 4.44. The first-order chi connectivity index (χ1) is 18.2. The third-order valence-electron chi connectivity index (χ3n) is 6.01. The molecule has 0 bridgehead atoms. The molecule has 0 radical (unpaired) electrons. The van der Waals surface area contributed by atoms with Crippen molar-refractivity contribution < 1.29 is 23.8 Å². The van der Waals surface area contributed by atoms with E-state index in [1.165, 1.54) is 44.9 Å². The number of anilines is 1. The van der Waals surface area contributed by atoms with Crippen molar-refractivity contribution in [3.63, 3.8) is 0 Å². The highest BCUT2D eigenvalue weighted by molar-refractivity contribution is 6.32. The van der Waals surface area contributed by atoms with E-state index in [1.54, 1.807) is 48.5 Å². The van der Waals surface area contributed by atoms with Gasteiger partial charge in [-0.15, -0.1) is 0 Å². The number of benzene rings is 3. The van der Waals surface area contributed by atoms with Crippen molar-refractivity contribution >= 4 is 51.5 Å². The van der Waals surface area contributed by atoms with Crippen LogP contribution in [0.3, 0.4) is 0 Å². The summed E-state index contributed by atoms with van der Waals surface area (Å²) < 4.78 is 17.3. The number of ether oxygens (including phenoxy) is 3. The van der Waals surface area contributed by atoms with E-state index in [9.17, 15) is 14.4 Å². The van der Waals surface area contributed by atoms with E-state index in [2.05, 4.69) is 5.32 Å². The third kappa shape index (κ3) is 5.18. The fourth-order valence-corrected chi connectivity index (χ4v) is 4.44. The highest BCUT2D eigenvalue weighted by atomic mass is 35.5. The van der Waals surface area contributed by atoms with E-state index in [4.69, 9.17) is 37.4 Å². The number of fused-ring (bicyclic) bond motifs is 1. The zero-order valence-electron chi connectivity index (χ0n) is 21.0. The van der Waals surface area contributed by atoms with E-state index in [-0.39, 0.29) is 22.0 Å². The molecule has 4 rings (SSSR count). The lowest BCUT2D eigenvalue weighted by molar-refractivity contribution is -0.123. The second kappa shape index (κ2) is 11.2. The van der Waals surface area contributed by atoms with Crippen LogP contribution >= 0.6 is 23.2 Å². The standard InChI is InChI=1S/C28H24Cl2N2O6/c1-15(26(33)31-21-13-20(30)22(36-3)14-23(21)37-4)38-28(35)25-24(16-9-11-17(29)12-10-16)18-7-5-6-8-19(18)27(34)32(25)2/h5-15H,1-4H3,(H,31,33). The van der Waals surface area contributed by atoms with Crippen LogP contribution in [0.4, 0.5) is 5.69 Å². The monoisotopic (exact) mass is 554 g/mol. The number of hydrogen-bond acceptors (Lipinski definition) is 6. The number of nitrogens with one attached hydrogen (secondary N) is 1. The van der Waals surface area contributed by atoms with Gasteiger partial charge in [-0.1, -0.05) is 53.5 Å². The molecule has 0 saturated carbocycles. The molecule has 1 heterocycles. The van der Waals surface area contributed by atoms with E-state index in [0.717, 1.165) is 0 Å². The van der Waals surface area contributed by atoms with Crippen LogP contribution in [-0.2, 0) is 16.6 Å². The van der Waals surface area contributed by atoms with Gasteiger partial charge in [0.1, 0.15) is 17.2 Å². The average Bonchev–Trinajstić information content (AvgIpc) is 2.91. The highest BCUT2D eigenvalue weighted by Crippen LogP contribution is 2.36. The second-order valence-electron chi connectivity index (χ2n) is 8.36. The van der Waals surface area contributed by atoms with Crippen molar-refractivity contribution in [2.24, 2.45) is 7.05 Å². The van der Waals surface area contributed by atoms with Gasteiger partial charge in [-0.25, -0.2) is 4.79 Å². The van der Waals surface area contributed by atoms with Gasteiger partial charge in [-0.3, -0.25) is 9.59 Å².